The fraction of sp³-hybridized carbons (Fsp3) is 0.895. The molecule has 3 unspecified atom stereocenters. The minimum atomic E-state index is -4.61. The zero-order valence-corrected chi connectivity index (χ0v) is 32.1. The molecule has 0 amide bonds. The van der Waals surface area contributed by atoms with Crippen LogP contribution in [0.5, 0.6) is 0 Å². The second kappa shape index (κ2) is 35.1. The fourth-order valence-electron chi connectivity index (χ4n) is 5.34. The largest absolute Gasteiger partial charge is 0.472 e. The van der Waals surface area contributed by atoms with Gasteiger partial charge in [-0.15, -0.1) is 0 Å². The van der Waals surface area contributed by atoms with Crippen LogP contribution in [0.4, 0.5) is 0 Å². The zero-order chi connectivity index (χ0) is 36.3. The Bertz CT molecular complexity index is 837. The van der Waals surface area contributed by atoms with Crippen LogP contribution in [0.3, 0.4) is 0 Å². The maximum absolute atomic E-state index is 12.5. The van der Waals surface area contributed by atoms with Crippen molar-refractivity contribution < 1.29 is 47.8 Å². The molecule has 0 bridgehead atoms. The Balaban J connectivity index is 4.35. The SMILES string of the molecule is CCCCCC/C=C\CCCCCCCC(=O)OC(COC(=O)CCCCCCCCCCCCCCC)COP(=O)(O)OCC(O)CO. The van der Waals surface area contributed by atoms with Gasteiger partial charge in [-0.3, -0.25) is 18.6 Å². The smallest absolute Gasteiger partial charge is 0.462 e. The minimum absolute atomic E-state index is 0.178. The lowest BCUT2D eigenvalue weighted by Crippen LogP contribution is -2.29. The number of esters is 2. The Kier molecular flexibility index (Phi) is 34.2. The number of allylic oxidation sites excluding steroid dienone is 2. The van der Waals surface area contributed by atoms with Crippen LogP contribution in [0.25, 0.3) is 0 Å². The highest BCUT2D eigenvalue weighted by atomic mass is 31.2. The van der Waals surface area contributed by atoms with E-state index in [2.05, 4.69) is 30.5 Å². The summed E-state index contributed by atoms with van der Waals surface area (Å²) < 4.78 is 32.6. The minimum Gasteiger partial charge on any atom is -0.462 e. The number of carbonyl (C=O) groups excluding carboxylic acids is 2. The molecule has 3 atom stereocenters. The van der Waals surface area contributed by atoms with Crippen molar-refractivity contribution in [1.82, 2.24) is 0 Å². The molecule has 0 fully saturated rings. The van der Waals surface area contributed by atoms with Crippen molar-refractivity contribution in [3.05, 3.63) is 12.2 Å². The zero-order valence-electron chi connectivity index (χ0n) is 31.2. The summed E-state index contributed by atoms with van der Waals surface area (Å²) in [7, 11) is -4.61. The van der Waals surface area contributed by atoms with E-state index >= 15 is 0 Å². The number of aliphatic hydroxyl groups is 2. The first kappa shape index (κ1) is 47.7. The molecule has 0 aliphatic rings. The lowest BCUT2D eigenvalue weighted by atomic mass is 10.0. The first-order valence-corrected chi connectivity index (χ1v) is 21.1. The molecule has 0 radical (unpaired) electrons. The average Bonchev–Trinajstić information content (AvgIpc) is 3.09. The standard InChI is InChI=1S/C38H73O10P/c1-3-5-7-9-11-13-15-17-19-21-23-25-27-29-37(41)45-33-36(34-47-49(43,44)46-32-35(40)31-39)48-38(42)30-28-26-24-22-20-18-16-14-12-10-8-6-4-2/h14,16,35-36,39-40H,3-13,15,17-34H2,1-2H3,(H,43,44)/b16-14-. The highest BCUT2D eigenvalue weighted by Gasteiger charge is 2.27. The molecule has 0 saturated heterocycles. The molecular weight excluding hydrogens is 647 g/mol. The molecule has 0 aliphatic carbocycles. The van der Waals surface area contributed by atoms with Gasteiger partial charge >= 0.3 is 19.8 Å². The number of hydrogen-bond acceptors (Lipinski definition) is 9. The molecule has 0 saturated carbocycles. The predicted molar refractivity (Wildman–Crippen MR) is 196 cm³/mol. The van der Waals surface area contributed by atoms with Crippen molar-refractivity contribution in [3.63, 3.8) is 0 Å². The molecule has 0 aromatic heterocycles. The quantitative estimate of drug-likeness (QED) is 0.0245. The highest BCUT2D eigenvalue weighted by Crippen LogP contribution is 2.43. The van der Waals surface area contributed by atoms with E-state index in [1.807, 2.05) is 0 Å². The summed E-state index contributed by atoms with van der Waals surface area (Å²) in [6.45, 7) is 2.35. The molecule has 49 heavy (non-hydrogen) atoms. The van der Waals surface area contributed by atoms with Crippen LogP contribution in [0, 0.1) is 0 Å². The molecule has 11 heteroatoms. The molecular formula is C38H73O10P. The number of unbranched alkanes of at least 4 members (excludes halogenated alkanes) is 21. The van der Waals surface area contributed by atoms with E-state index in [-0.39, 0.29) is 19.4 Å². The van der Waals surface area contributed by atoms with Gasteiger partial charge < -0.3 is 24.6 Å². The molecule has 3 N–H and O–H groups in total. The van der Waals surface area contributed by atoms with Crippen LogP contribution in [0.2, 0.25) is 0 Å². The second-order valence-corrected chi connectivity index (χ2v) is 14.8. The van der Waals surface area contributed by atoms with Crippen LogP contribution in [-0.4, -0.2) is 65.7 Å². The Morgan fingerprint density at radius 2 is 1.00 bits per heavy atom. The average molecular weight is 721 g/mol. The van der Waals surface area contributed by atoms with Crippen molar-refractivity contribution in [2.45, 2.75) is 193 Å². The van der Waals surface area contributed by atoms with E-state index in [1.54, 1.807) is 0 Å². The summed E-state index contributed by atoms with van der Waals surface area (Å²) in [5.41, 5.74) is 0. The van der Waals surface area contributed by atoms with Gasteiger partial charge in [0, 0.05) is 12.8 Å². The summed E-state index contributed by atoms with van der Waals surface area (Å²) >= 11 is 0. The van der Waals surface area contributed by atoms with Crippen LogP contribution in [-0.2, 0) is 32.7 Å². The summed E-state index contributed by atoms with van der Waals surface area (Å²) in [5, 5.41) is 18.3. The Hall–Kier alpha value is -1.29. The van der Waals surface area contributed by atoms with Crippen LogP contribution in [0.1, 0.15) is 181 Å². The van der Waals surface area contributed by atoms with Gasteiger partial charge in [-0.05, 0) is 38.5 Å². The van der Waals surface area contributed by atoms with Crippen molar-refractivity contribution >= 4 is 19.8 Å². The monoisotopic (exact) mass is 720 g/mol. The van der Waals surface area contributed by atoms with Gasteiger partial charge in [0.2, 0.25) is 0 Å². The Morgan fingerprint density at radius 3 is 1.49 bits per heavy atom. The van der Waals surface area contributed by atoms with Crippen LogP contribution < -0.4 is 0 Å². The summed E-state index contributed by atoms with van der Waals surface area (Å²) in [5.74, 6) is -0.929. The predicted octanol–water partition coefficient (Wildman–Crippen LogP) is 9.67. The van der Waals surface area contributed by atoms with Gasteiger partial charge in [-0.2, -0.15) is 0 Å². The molecule has 0 rings (SSSR count). The van der Waals surface area contributed by atoms with E-state index in [0.29, 0.717) is 12.8 Å². The number of hydrogen-bond donors (Lipinski definition) is 3. The number of rotatable bonds is 37. The fourth-order valence-corrected chi connectivity index (χ4v) is 6.13. The Morgan fingerprint density at radius 1 is 0.592 bits per heavy atom. The summed E-state index contributed by atoms with van der Waals surface area (Å²) in [6.07, 6.45) is 30.3. The third-order valence-electron chi connectivity index (χ3n) is 8.42. The van der Waals surface area contributed by atoms with Gasteiger partial charge in [0.15, 0.2) is 6.10 Å². The van der Waals surface area contributed by atoms with Crippen molar-refractivity contribution in [2.24, 2.45) is 0 Å². The first-order valence-electron chi connectivity index (χ1n) is 19.6. The topological polar surface area (TPSA) is 149 Å². The summed E-state index contributed by atoms with van der Waals surface area (Å²) in [4.78, 5) is 34.8. The van der Waals surface area contributed by atoms with E-state index in [1.165, 1.54) is 83.5 Å². The summed E-state index contributed by atoms with van der Waals surface area (Å²) in [6, 6.07) is 0. The third-order valence-corrected chi connectivity index (χ3v) is 9.37. The van der Waals surface area contributed by atoms with Gasteiger partial charge in [0.1, 0.15) is 12.7 Å². The van der Waals surface area contributed by atoms with E-state index in [4.69, 9.17) is 19.1 Å². The lowest BCUT2D eigenvalue weighted by molar-refractivity contribution is -0.161. The number of aliphatic hydroxyl groups excluding tert-OH is 2. The van der Waals surface area contributed by atoms with Crippen molar-refractivity contribution in [3.8, 4) is 0 Å². The normalized spacial score (nSPS) is 14.1. The first-order chi connectivity index (χ1) is 23.7. The molecule has 0 aromatic carbocycles. The van der Waals surface area contributed by atoms with E-state index in [0.717, 1.165) is 57.8 Å². The molecule has 290 valence electrons. The van der Waals surface area contributed by atoms with Gasteiger partial charge in [0.25, 0.3) is 0 Å². The number of phosphoric ester groups is 1. The van der Waals surface area contributed by atoms with Crippen LogP contribution in [0.15, 0.2) is 12.2 Å². The maximum atomic E-state index is 12.5. The van der Waals surface area contributed by atoms with Gasteiger partial charge in [-0.1, -0.05) is 142 Å². The second-order valence-electron chi connectivity index (χ2n) is 13.3. The van der Waals surface area contributed by atoms with Gasteiger partial charge in [0.05, 0.1) is 19.8 Å². The van der Waals surface area contributed by atoms with Gasteiger partial charge in [-0.25, -0.2) is 4.57 Å². The number of phosphoric acid groups is 1. The number of ether oxygens (including phenoxy) is 2. The lowest BCUT2D eigenvalue weighted by Gasteiger charge is -2.20. The third kappa shape index (κ3) is 34.9. The Labute approximate surface area is 298 Å². The van der Waals surface area contributed by atoms with Crippen LogP contribution >= 0.6 is 7.82 Å². The molecule has 0 spiro atoms. The molecule has 0 heterocycles. The van der Waals surface area contributed by atoms with Crippen molar-refractivity contribution in [2.75, 3.05) is 26.4 Å². The van der Waals surface area contributed by atoms with Crippen molar-refractivity contribution in [1.29, 1.82) is 0 Å². The molecule has 0 aliphatic heterocycles. The highest BCUT2D eigenvalue weighted by molar-refractivity contribution is 7.47. The molecule has 0 aromatic rings. The number of carbonyl (C=O) groups is 2. The van der Waals surface area contributed by atoms with E-state index in [9.17, 15) is 24.2 Å². The maximum Gasteiger partial charge on any atom is 0.472 e. The van der Waals surface area contributed by atoms with E-state index < -0.39 is 51.8 Å². The molecule has 10 nitrogen and oxygen atoms in total.